The first-order valence-corrected chi connectivity index (χ1v) is 5.15. The minimum Gasteiger partial charge on any atom is -0.275 e. The number of carbonyl (C=O) groups excluding carboxylic acids is 1. The molecule has 1 aromatic heterocycles. The first kappa shape index (κ1) is 10.8. The molecular formula is C12H9ClN2O. The van der Waals surface area contributed by atoms with Crippen LogP contribution in [0.2, 0.25) is 0 Å². The van der Waals surface area contributed by atoms with Crippen molar-refractivity contribution >= 4 is 16.8 Å². The number of halogens is 1. The van der Waals surface area contributed by atoms with Crippen molar-refractivity contribution in [2.24, 2.45) is 0 Å². The minimum atomic E-state index is -0.543. The summed E-state index contributed by atoms with van der Waals surface area (Å²) in [6.07, 6.45) is 1.46. The number of hydrogen-bond donors (Lipinski definition) is 0. The summed E-state index contributed by atoms with van der Waals surface area (Å²) in [5.74, 6) is 0.612. The van der Waals surface area contributed by atoms with Gasteiger partial charge in [0.05, 0.1) is 11.3 Å². The van der Waals surface area contributed by atoms with Crippen LogP contribution < -0.4 is 0 Å². The van der Waals surface area contributed by atoms with Crippen LogP contribution in [-0.2, 0) is 0 Å². The van der Waals surface area contributed by atoms with Gasteiger partial charge < -0.3 is 0 Å². The lowest BCUT2D eigenvalue weighted by molar-refractivity contribution is 0.108. The second-order valence-electron chi connectivity index (χ2n) is 3.32. The summed E-state index contributed by atoms with van der Waals surface area (Å²) >= 11 is 5.49. The molecule has 2 aromatic rings. The zero-order valence-corrected chi connectivity index (χ0v) is 9.40. The maximum Gasteiger partial charge on any atom is 0.256 e. The second kappa shape index (κ2) is 4.41. The number of aromatic nitrogens is 2. The van der Waals surface area contributed by atoms with Gasteiger partial charge in [0, 0.05) is 11.8 Å². The molecule has 4 heteroatoms. The first-order chi connectivity index (χ1) is 7.68. The zero-order valence-electron chi connectivity index (χ0n) is 8.64. The quantitative estimate of drug-likeness (QED) is 0.748. The van der Waals surface area contributed by atoms with Crippen molar-refractivity contribution in [1.82, 2.24) is 9.97 Å². The Balaban J connectivity index is 2.63. The van der Waals surface area contributed by atoms with E-state index in [9.17, 15) is 4.79 Å². The van der Waals surface area contributed by atoms with Gasteiger partial charge in [-0.2, -0.15) is 0 Å². The van der Waals surface area contributed by atoms with Crippen LogP contribution in [-0.4, -0.2) is 15.2 Å². The average molecular weight is 233 g/mol. The standard InChI is InChI=1S/C12H9ClN2O/c1-8-14-7-10(12(13)16)11(15-8)9-5-3-2-4-6-9/h2-7H,1H3. The Bertz CT molecular complexity index is 526. The lowest BCUT2D eigenvalue weighted by Crippen LogP contribution is -2.00. The first-order valence-electron chi connectivity index (χ1n) is 4.77. The van der Waals surface area contributed by atoms with E-state index >= 15 is 0 Å². The lowest BCUT2D eigenvalue weighted by Gasteiger charge is -2.05. The highest BCUT2D eigenvalue weighted by Crippen LogP contribution is 2.21. The van der Waals surface area contributed by atoms with Crippen molar-refractivity contribution in [2.45, 2.75) is 6.92 Å². The molecule has 1 aromatic carbocycles. The molecule has 0 unspecified atom stereocenters. The molecule has 0 radical (unpaired) electrons. The molecule has 2 rings (SSSR count). The van der Waals surface area contributed by atoms with Gasteiger partial charge in [-0.1, -0.05) is 30.3 Å². The van der Waals surface area contributed by atoms with Gasteiger partial charge in [0.15, 0.2) is 0 Å². The van der Waals surface area contributed by atoms with E-state index in [0.29, 0.717) is 17.1 Å². The van der Waals surface area contributed by atoms with Gasteiger partial charge in [-0.15, -0.1) is 0 Å². The Labute approximate surface area is 98.1 Å². The highest BCUT2D eigenvalue weighted by atomic mass is 35.5. The Morgan fingerprint density at radius 2 is 1.94 bits per heavy atom. The zero-order chi connectivity index (χ0) is 11.5. The molecule has 16 heavy (non-hydrogen) atoms. The molecule has 0 bridgehead atoms. The Morgan fingerprint density at radius 1 is 1.25 bits per heavy atom. The Kier molecular flexibility index (Phi) is 2.97. The smallest absolute Gasteiger partial charge is 0.256 e. The topological polar surface area (TPSA) is 42.9 Å². The average Bonchev–Trinajstić information content (AvgIpc) is 2.29. The molecule has 3 nitrogen and oxygen atoms in total. The summed E-state index contributed by atoms with van der Waals surface area (Å²) in [5.41, 5.74) is 1.77. The fourth-order valence-corrected chi connectivity index (χ4v) is 1.57. The largest absolute Gasteiger partial charge is 0.275 e. The predicted molar refractivity (Wildman–Crippen MR) is 62.4 cm³/mol. The molecule has 0 spiro atoms. The molecular weight excluding hydrogens is 224 g/mol. The Hall–Kier alpha value is -1.74. The Morgan fingerprint density at radius 3 is 2.56 bits per heavy atom. The maximum absolute atomic E-state index is 11.2. The van der Waals surface area contributed by atoms with Gasteiger partial charge in [0.25, 0.3) is 5.24 Å². The molecule has 0 fully saturated rings. The third-order valence-corrected chi connectivity index (χ3v) is 2.37. The SMILES string of the molecule is Cc1ncc(C(=O)Cl)c(-c2ccccc2)n1. The van der Waals surface area contributed by atoms with Crippen molar-refractivity contribution in [3.63, 3.8) is 0 Å². The van der Waals surface area contributed by atoms with E-state index in [2.05, 4.69) is 9.97 Å². The third-order valence-electron chi connectivity index (χ3n) is 2.17. The molecule has 0 saturated carbocycles. The summed E-state index contributed by atoms with van der Waals surface area (Å²) < 4.78 is 0. The molecule has 0 aliphatic carbocycles. The van der Waals surface area contributed by atoms with E-state index in [4.69, 9.17) is 11.6 Å². The minimum absolute atomic E-state index is 0.332. The fraction of sp³-hybridized carbons (Fsp3) is 0.0833. The molecule has 80 valence electrons. The summed E-state index contributed by atoms with van der Waals surface area (Å²) in [5, 5.41) is -0.543. The van der Waals surface area contributed by atoms with E-state index in [-0.39, 0.29) is 0 Å². The van der Waals surface area contributed by atoms with E-state index in [0.717, 1.165) is 5.56 Å². The van der Waals surface area contributed by atoms with Crippen molar-refractivity contribution in [2.75, 3.05) is 0 Å². The van der Waals surface area contributed by atoms with Crippen molar-refractivity contribution in [3.05, 3.63) is 47.9 Å². The molecule has 0 saturated heterocycles. The summed E-state index contributed by atoms with van der Waals surface area (Å²) in [4.78, 5) is 19.5. The fourth-order valence-electron chi connectivity index (χ4n) is 1.43. The molecule has 0 aliphatic rings. The van der Waals surface area contributed by atoms with Gasteiger partial charge in [-0.25, -0.2) is 9.97 Å². The van der Waals surface area contributed by atoms with Crippen molar-refractivity contribution in [3.8, 4) is 11.3 Å². The van der Waals surface area contributed by atoms with Gasteiger partial charge >= 0.3 is 0 Å². The van der Waals surface area contributed by atoms with E-state index in [1.54, 1.807) is 6.92 Å². The van der Waals surface area contributed by atoms with Crippen LogP contribution in [0.5, 0.6) is 0 Å². The van der Waals surface area contributed by atoms with Gasteiger partial charge in [0.1, 0.15) is 5.82 Å². The van der Waals surface area contributed by atoms with Crippen LogP contribution in [0.15, 0.2) is 36.5 Å². The molecule has 1 heterocycles. The molecule has 0 amide bonds. The van der Waals surface area contributed by atoms with Crippen LogP contribution >= 0.6 is 11.6 Å². The van der Waals surface area contributed by atoms with Crippen molar-refractivity contribution in [1.29, 1.82) is 0 Å². The summed E-state index contributed by atoms with van der Waals surface area (Å²) in [6, 6.07) is 9.43. The van der Waals surface area contributed by atoms with Crippen LogP contribution in [0.4, 0.5) is 0 Å². The summed E-state index contributed by atoms with van der Waals surface area (Å²) in [7, 11) is 0. The second-order valence-corrected chi connectivity index (χ2v) is 3.66. The number of aryl methyl sites for hydroxylation is 1. The number of rotatable bonds is 2. The van der Waals surface area contributed by atoms with Gasteiger partial charge in [-0.05, 0) is 18.5 Å². The number of carbonyl (C=O) groups is 1. The predicted octanol–water partition coefficient (Wildman–Crippen LogP) is 2.83. The van der Waals surface area contributed by atoms with Crippen LogP contribution in [0.3, 0.4) is 0 Å². The number of nitrogens with zero attached hydrogens (tertiary/aromatic N) is 2. The van der Waals surface area contributed by atoms with Gasteiger partial charge in [0.2, 0.25) is 0 Å². The molecule has 0 aliphatic heterocycles. The van der Waals surface area contributed by atoms with Crippen LogP contribution in [0, 0.1) is 6.92 Å². The van der Waals surface area contributed by atoms with E-state index in [1.165, 1.54) is 6.20 Å². The summed E-state index contributed by atoms with van der Waals surface area (Å²) in [6.45, 7) is 1.77. The van der Waals surface area contributed by atoms with Crippen LogP contribution in [0.1, 0.15) is 16.2 Å². The molecule has 0 N–H and O–H groups in total. The normalized spacial score (nSPS) is 10.1. The monoisotopic (exact) mass is 232 g/mol. The van der Waals surface area contributed by atoms with Gasteiger partial charge in [-0.3, -0.25) is 4.79 Å². The highest BCUT2D eigenvalue weighted by molar-refractivity contribution is 6.68. The number of benzene rings is 1. The van der Waals surface area contributed by atoms with E-state index < -0.39 is 5.24 Å². The highest BCUT2D eigenvalue weighted by Gasteiger charge is 2.12. The number of hydrogen-bond acceptors (Lipinski definition) is 3. The third kappa shape index (κ3) is 2.09. The van der Waals surface area contributed by atoms with E-state index in [1.807, 2.05) is 30.3 Å². The van der Waals surface area contributed by atoms with Crippen LogP contribution in [0.25, 0.3) is 11.3 Å². The van der Waals surface area contributed by atoms with Crippen molar-refractivity contribution < 1.29 is 4.79 Å². The molecule has 0 atom stereocenters. The lowest BCUT2D eigenvalue weighted by atomic mass is 10.1. The maximum atomic E-state index is 11.2.